The third-order valence-electron chi connectivity index (χ3n) is 4.59. The fourth-order valence-corrected chi connectivity index (χ4v) is 2.99. The van der Waals surface area contributed by atoms with Gasteiger partial charge in [-0.05, 0) is 38.1 Å². The maximum absolute atomic E-state index is 5.99. The number of hydrogen-bond donors (Lipinski definition) is 2. The molecule has 0 aromatic carbocycles. The van der Waals surface area contributed by atoms with E-state index in [1.807, 2.05) is 0 Å². The van der Waals surface area contributed by atoms with E-state index < -0.39 is 0 Å². The molecule has 1 aliphatic heterocycles. The lowest BCUT2D eigenvalue weighted by molar-refractivity contribution is 0.275. The van der Waals surface area contributed by atoms with Crippen LogP contribution in [-0.2, 0) is 0 Å². The summed E-state index contributed by atoms with van der Waals surface area (Å²) < 4.78 is 0. The molecule has 1 saturated heterocycles. The van der Waals surface area contributed by atoms with Crippen molar-refractivity contribution in [3.05, 3.63) is 0 Å². The molecule has 0 spiro atoms. The van der Waals surface area contributed by atoms with Crippen LogP contribution < -0.4 is 11.1 Å². The summed E-state index contributed by atoms with van der Waals surface area (Å²) in [7, 11) is 0. The molecule has 1 atom stereocenters. The van der Waals surface area contributed by atoms with Crippen LogP contribution in [0.15, 0.2) is 0 Å². The lowest BCUT2D eigenvalue weighted by Gasteiger charge is -2.29. The molecule has 3 N–H and O–H groups in total. The molecule has 0 radical (unpaired) electrons. The zero-order chi connectivity index (χ0) is 11.0. The van der Waals surface area contributed by atoms with E-state index in [9.17, 15) is 0 Å². The highest BCUT2D eigenvalue weighted by molar-refractivity contribution is 5.02. The van der Waals surface area contributed by atoms with E-state index in [2.05, 4.69) is 10.2 Å². The van der Waals surface area contributed by atoms with Crippen LogP contribution in [0, 0.1) is 5.92 Å². The largest absolute Gasteiger partial charge is 0.329 e. The van der Waals surface area contributed by atoms with E-state index >= 15 is 0 Å². The Balaban J connectivity index is 1.47. The lowest BCUT2D eigenvalue weighted by Crippen LogP contribution is -2.53. The quantitative estimate of drug-likeness (QED) is 0.704. The zero-order valence-corrected chi connectivity index (χ0v) is 10.3. The van der Waals surface area contributed by atoms with Crippen molar-refractivity contribution in [3.8, 4) is 0 Å². The number of nitrogens with one attached hydrogen (secondary N) is 1. The van der Waals surface area contributed by atoms with E-state index in [0.29, 0.717) is 0 Å². The highest BCUT2D eigenvalue weighted by atomic mass is 15.3. The molecule has 1 heterocycles. The first kappa shape index (κ1) is 11.0. The van der Waals surface area contributed by atoms with E-state index in [4.69, 9.17) is 5.73 Å². The number of nitrogens with zero attached hydrogens (tertiary/aromatic N) is 1. The zero-order valence-electron chi connectivity index (χ0n) is 10.3. The van der Waals surface area contributed by atoms with Crippen LogP contribution in [0.1, 0.15) is 38.5 Å². The Morgan fingerprint density at radius 3 is 2.69 bits per heavy atom. The second kappa shape index (κ2) is 4.28. The topological polar surface area (TPSA) is 41.3 Å². The van der Waals surface area contributed by atoms with Crippen LogP contribution in [0.4, 0.5) is 0 Å². The van der Waals surface area contributed by atoms with Gasteiger partial charge in [-0.25, -0.2) is 0 Å². The minimum Gasteiger partial charge on any atom is -0.329 e. The Labute approximate surface area is 98.8 Å². The molecule has 3 heteroatoms. The van der Waals surface area contributed by atoms with Crippen molar-refractivity contribution >= 4 is 0 Å². The molecular weight excluding hydrogens is 198 g/mol. The van der Waals surface area contributed by atoms with Gasteiger partial charge in [0.2, 0.25) is 0 Å². The van der Waals surface area contributed by atoms with Gasteiger partial charge >= 0.3 is 0 Å². The minimum atomic E-state index is 0.248. The average molecular weight is 223 g/mol. The van der Waals surface area contributed by atoms with E-state index in [-0.39, 0.29) is 5.54 Å². The standard InChI is InChI=1S/C13H25N3/c14-9-13(15-7-5-11-1-2-11)6-8-16(10-13)12-3-4-12/h11-12,15H,1-10,14H2. The predicted octanol–water partition coefficient (Wildman–Crippen LogP) is 0.942. The van der Waals surface area contributed by atoms with Gasteiger partial charge < -0.3 is 11.1 Å². The number of rotatable bonds is 6. The monoisotopic (exact) mass is 223 g/mol. The molecular formula is C13H25N3. The Morgan fingerprint density at radius 2 is 2.06 bits per heavy atom. The van der Waals surface area contributed by atoms with Crippen LogP contribution in [0.25, 0.3) is 0 Å². The predicted molar refractivity (Wildman–Crippen MR) is 66.3 cm³/mol. The molecule has 3 fully saturated rings. The molecule has 16 heavy (non-hydrogen) atoms. The fraction of sp³-hybridized carbons (Fsp3) is 1.00. The second-order valence-electron chi connectivity index (χ2n) is 6.09. The van der Waals surface area contributed by atoms with Crippen molar-refractivity contribution in [2.45, 2.75) is 50.1 Å². The number of nitrogens with two attached hydrogens (primary N) is 1. The second-order valence-corrected chi connectivity index (χ2v) is 6.09. The summed E-state index contributed by atoms with van der Waals surface area (Å²) in [5.41, 5.74) is 6.24. The van der Waals surface area contributed by atoms with Gasteiger partial charge in [-0.1, -0.05) is 12.8 Å². The summed E-state index contributed by atoms with van der Waals surface area (Å²) in [6, 6.07) is 0.902. The normalized spacial score (nSPS) is 35.8. The smallest absolute Gasteiger partial charge is 0.0444 e. The van der Waals surface area contributed by atoms with E-state index in [1.54, 1.807) is 0 Å². The van der Waals surface area contributed by atoms with Crippen LogP contribution >= 0.6 is 0 Å². The van der Waals surface area contributed by atoms with E-state index in [0.717, 1.165) is 18.5 Å². The molecule has 2 aliphatic carbocycles. The highest BCUT2D eigenvalue weighted by Crippen LogP contribution is 2.34. The molecule has 0 aromatic rings. The summed E-state index contributed by atoms with van der Waals surface area (Å²) >= 11 is 0. The number of hydrogen-bond acceptors (Lipinski definition) is 3. The first-order valence-electron chi connectivity index (χ1n) is 7.00. The van der Waals surface area contributed by atoms with Crippen molar-refractivity contribution < 1.29 is 0 Å². The van der Waals surface area contributed by atoms with Crippen LogP contribution in [-0.4, -0.2) is 42.7 Å². The Bertz CT molecular complexity index is 248. The summed E-state index contributed by atoms with van der Waals surface area (Å²) in [6.45, 7) is 4.44. The molecule has 0 aromatic heterocycles. The number of likely N-dealkylation sites (tertiary alicyclic amines) is 1. The lowest BCUT2D eigenvalue weighted by atomic mass is 9.98. The van der Waals surface area contributed by atoms with Gasteiger partial charge in [-0.3, -0.25) is 4.90 Å². The van der Waals surface area contributed by atoms with Gasteiger partial charge in [-0.15, -0.1) is 0 Å². The van der Waals surface area contributed by atoms with Crippen molar-refractivity contribution in [1.29, 1.82) is 0 Å². The van der Waals surface area contributed by atoms with Crippen LogP contribution in [0.2, 0.25) is 0 Å². The fourth-order valence-electron chi connectivity index (χ4n) is 2.99. The van der Waals surface area contributed by atoms with Crippen LogP contribution in [0.5, 0.6) is 0 Å². The summed E-state index contributed by atoms with van der Waals surface area (Å²) in [5, 5.41) is 3.76. The van der Waals surface area contributed by atoms with Gasteiger partial charge in [0.05, 0.1) is 0 Å². The summed E-state index contributed by atoms with van der Waals surface area (Å²) in [5.74, 6) is 1.03. The van der Waals surface area contributed by atoms with Crippen LogP contribution in [0.3, 0.4) is 0 Å². The SMILES string of the molecule is NCC1(NCCC2CC2)CCN(C2CC2)C1. The van der Waals surface area contributed by atoms with Gasteiger partial charge in [0.15, 0.2) is 0 Å². The van der Waals surface area contributed by atoms with Gasteiger partial charge in [-0.2, -0.15) is 0 Å². The van der Waals surface area contributed by atoms with Crippen molar-refractivity contribution in [2.75, 3.05) is 26.2 Å². The molecule has 0 bridgehead atoms. The molecule has 92 valence electrons. The van der Waals surface area contributed by atoms with Gasteiger partial charge in [0.25, 0.3) is 0 Å². The van der Waals surface area contributed by atoms with Crippen molar-refractivity contribution in [3.63, 3.8) is 0 Å². The maximum Gasteiger partial charge on any atom is 0.0444 e. The molecule has 3 nitrogen and oxygen atoms in total. The maximum atomic E-state index is 5.99. The minimum absolute atomic E-state index is 0.248. The third-order valence-corrected chi connectivity index (χ3v) is 4.59. The van der Waals surface area contributed by atoms with Crippen molar-refractivity contribution in [2.24, 2.45) is 11.7 Å². The Kier molecular flexibility index (Phi) is 2.94. The average Bonchev–Trinajstić information content (AvgIpc) is 3.19. The Morgan fingerprint density at radius 1 is 1.25 bits per heavy atom. The van der Waals surface area contributed by atoms with Crippen molar-refractivity contribution in [1.82, 2.24) is 10.2 Å². The molecule has 3 rings (SSSR count). The first-order valence-corrected chi connectivity index (χ1v) is 7.00. The molecule has 0 amide bonds. The Hall–Kier alpha value is -0.120. The van der Waals surface area contributed by atoms with Gasteiger partial charge in [0, 0.05) is 31.2 Å². The van der Waals surface area contributed by atoms with E-state index in [1.165, 1.54) is 58.2 Å². The molecule has 1 unspecified atom stereocenters. The van der Waals surface area contributed by atoms with Gasteiger partial charge in [0.1, 0.15) is 0 Å². The third kappa shape index (κ3) is 2.41. The summed E-state index contributed by atoms with van der Waals surface area (Å²) in [6.07, 6.45) is 8.39. The summed E-state index contributed by atoms with van der Waals surface area (Å²) in [4.78, 5) is 2.65. The highest BCUT2D eigenvalue weighted by Gasteiger charge is 2.42. The molecule has 3 aliphatic rings. The first-order chi connectivity index (χ1) is 7.81. The molecule has 2 saturated carbocycles.